The molecule has 0 heterocycles. The highest BCUT2D eigenvalue weighted by Crippen LogP contribution is 2.45. The van der Waals surface area contributed by atoms with Crippen LogP contribution < -0.4 is 9.47 Å². The van der Waals surface area contributed by atoms with Crippen LogP contribution in [-0.2, 0) is 5.41 Å². The second-order valence-electron chi connectivity index (χ2n) is 4.58. The molecule has 96 valence electrons. The summed E-state index contributed by atoms with van der Waals surface area (Å²) in [6.07, 6.45) is 3.02. The lowest BCUT2D eigenvalue weighted by molar-refractivity contribution is 0.283. The lowest BCUT2D eigenvalue weighted by Gasteiger charge is -2.35. The van der Waals surface area contributed by atoms with Gasteiger partial charge in [0, 0.05) is 0 Å². The van der Waals surface area contributed by atoms with Gasteiger partial charge in [-0.25, -0.2) is 0 Å². The molecule has 1 aromatic carbocycles. The van der Waals surface area contributed by atoms with Crippen LogP contribution in [0.25, 0.3) is 0 Å². The fraction of sp³-hybridized carbons (Fsp3) is 0.533. The zero-order chi connectivity index (χ0) is 13.0. The van der Waals surface area contributed by atoms with E-state index in [0.717, 1.165) is 36.3 Å². The Labute approximate surface area is 108 Å². The van der Waals surface area contributed by atoms with Crippen molar-refractivity contribution >= 4 is 0 Å². The average Bonchev–Trinajstić information content (AvgIpc) is 2.32. The van der Waals surface area contributed by atoms with E-state index in [0.29, 0.717) is 13.2 Å². The first kappa shape index (κ1) is 12.8. The predicted molar refractivity (Wildman–Crippen MR) is 69.9 cm³/mol. The number of rotatable bonds is 5. The highest BCUT2D eigenvalue weighted by atomic mass is 16.5. The van der Waals surface area contributed by atoms with Crippen molar-refractivity contribution in [2.45, 2.75) is 38.5 Å². The Hall–Kier alpha value is -1.69. The number of nitrogens with zero attached hydrogens (tertiary/aromatic N) is 1. The molecular formula is C15H19NO2. The maximum absolute atomic E-state index is 9.36. The largest absolute Gasteiger partial charge is 0.490 e. The van der Waals surface area contributed by atoms with Gasteiger partial charge < -0.3 is 9.47 Å². The van der Waals surface area contributed by atoms with E-state index in [1.165, 1.54) is 0 Å². The van der Waals surface area contributed by atoms with Crippen LogP contribution >= 0.6 is 0 Å². The first-order chi connectivity index (χ1) is 8.75. The van der Waals surface area contributed by atoms with Crippen molar-refractivity contribution in [2.75, 3.05) is 13.2 Å². The molecular weight excluding hydrogens is 226 g/mol. The summed E-state index contributed by atoms with van der Waals surface area (Å²) >= 11 is 0. The van der Waals surface area contributed by atoms with Gasteiger partial charge in [-0.3, -0.25) is 0 Å². The molecule has 0 unspecified atom stereocenters. The third-order valence-electron chi connectivity index (χ3n) is 3.52. The topological polar surface area (TPSA) is 42.2 Å². The summed E-state index contributed by atoms with van der Waals surface area (Å²) in [6.45, 7) is 5.12. The average molecular weight is 245 g/mol. The first-order valence-electron chi connectivity index (χ1n) is 6.57. The van der Waals surface area contributed by atoms with Crippen LogP contribution in [0.2, 0.25) is 0 Å². The minimum Gasteiger partial charge on any atom is -0.490 e. The Bertz CT molecular complexity index is 458. The molecule has 0 spiro atoms. The van der Waals surface area contributed by atoms with Crippen LogP contribution in [0.3, 0.4) is 0 Å². The molecule has 0 bridgehead atoms. The Morgan fingerprint density at radius 2 is 1.83 bits per heavy atom. The molecule has 1 aliphatic carbocycles. The predicted octanol–water partition coefficient (Wildman–Crippen LogP) is 3.43. The first-order valence-corrected chi connectivity index (χ1v) is 6.57. The van der Waals surface area contributed by atoms with E-state index in [9.17, 15) is 5.26 Å². The molecule has 1 fully saturated rings. The fourth-order valence-electron chi connectivity index (χ4n) is 2.34. The van der Waals surface area contributed by atoms with Crippen molar-refractivity contribution in [3.63, 3.8) is 0 Å². The van der Waals surface area contributed by atoms with Crippen molar-refractivity contribution in [2.24, 2.45) is 0 Å². The van der Waals surface area contributed by atoms with Gasteiger partial charge >= 0.3 is 0 Å². The van der Waals surface area contributed by atoms with E-state index < -0.39 is 0 Å². The molecule has 0 radical (unpaired) electrons. The van der Waals surface area contributed by atoms with Crippen LogP contribution in [0.15, 0.2) is 18.2 Å². The standard InChI is InChI=1S/C15H19NO2/c1-3-17-13-7-6-12(10-14(13)18-4-2)15(11-16)8-5-9-15/h6-7,10H,3-5,8-9H2,1-2H3. The minimum absolute atomic E-state index is 0.295. The number of ether oxygens (including phenoxy) is 2. The molecule has 0 aliphatic heterocycles. The molecule has 0 saturated heterocycles. The molecule has 1 saturated carbocycles. The fourth-order valence-corrected chi connectivity index (χ4v) is 2.34. The Balaban J connectivity index is 2.33. The lowest BCUT2D eigenvalue weighted by atomic mass is 9.65. The number of hydrogen-bond donors (Lipinski definition) is 0. The van der Waals surface area contributed by atoms with Gasteiger partial charge in [-0.05, 0) is 50.8 Å². The zero-order valence-corrected chi connectivity index (χ0v) is 11.0. The second-order valence-corrected chi connectivity index (χ2v) is 4.58. The third-order valence-corrected chi connectivity index (χ3v) is 3.52. The van der Waals surface area contributed by atoms with Gasteiger partial charge in [0.2, 0.25) is 0 Å². The number of benzene rings is 1. The molecule has 3 heteroatoms. The molecule has 3 nitrogen and oxygen atoms in total. The third kappa shape index (κ3) is 2.15. The van der Waals surface area contributed by atoms with Gasteiger partial charge in [-0.1, -0.05) is 6.07 Å². The molecule has 1 aliphatic rings. The normalized spacial score (nSPS) is 16.5. The van der Waals surface area contributed by atoms with Crippen LogP contribution in [0, 0.1) is 11.3 Å². The van der Waals surface area contributed by atoms with Gasteiger partial charge in [-0.2, -0.15) is 5.26 Å². The van der Waals surface area contributed by atoms with Crippen LogP contribution in [0.5, 0.6) is 11.5 Å². The molecule has 0 aromatic heterocycles. The lowest BCUT2D eigenvalue weighted by Crippen LogP contribution is -2.32. The van der Waals surface area contributed by atoms with E-state index in [4.69, 9.17) is 9.47 Å². The summed E-state index contributed by atoms with van der Waals surface area (Å²) < 4.78 is 11.1. The van der Waals surface area contributed by atoms with Gasteiger partial charge in [0.15, 0.2) is 11.5 Å². The Morgan fingerprint density at radius 1 is 1.17 bits per heavy atom. The smallest absolute Gasteiger partial charge is 0.161 e. The summed E-state index contributed by atoms with van der Waals surface area (Å²) in [5.74, 6) is 1.51. The summed E-state index contributed by atoms with van der Waals surface area (Å²) in [5, 5.41) is 9.36. The molecule has 1 aromatic rings. The second kappa shape index (κ2) is 5.30. The van der Waals surface area contributed by atoms with Gasteiger partial charge in [-0.15, -0.1) is 0 Å². The summed E-state index contributed by atoms with van der Waals surface area (Å²) in [4.78, 5) is 0. The van der Waals surface area contributed by atoms with Crippen molar-refractivity contribution < 1.29 is 9.47 Å². The van der Waals surface area contributed by atoms with E-state index in [1.54, 1.807) is 0 Å². The van der Waals surface area contributed by atoms with Crippen molar-refractivity contribution in [3.8, 4) is 17.6 Å². The molecule has 0 atom stereocenters. The van der Waals surface area contributed by atoms with E-state index in [2.05, 4.69) is 6.07 Å². The quantitative estimate of drug-likeness (QED) is 0.798. The zero-order valence-electron chi connectivity index (χ0n) is 11.0. The van der Waals surface area contributed by atoms with Crippen LogP contribution in [-0.4, -0.2) is 13.2 Å². The van der Waals surface area contributed by atoms with Crippen LogP contribution in [0.4, 0.5) is 0 Å². The molecule has 18 heavy (non-hydrogen) atoms. The van der Waals surface area contributed by atoms with Gasteiger partial charge in [0.1, 0.15) is 0 Å². The minimum atomic E-state index is -0.295. The van der Waals surface area contributed by atoms with E-state index >= 15 is 0 Å². The molecule has 0 N–H and O–H groups in total. The maximum Gasteiger partial charge on any atom is 0.161 e. The van der Waals surface area contributed by atoms with Gasteiger partial charge in [0.05, 0.1) is 24.7 Å². The number of hydrogen-bond acceptors (Lipinski definition) is 3. The highest BCUT2D eigenvalue weighted by Gasteiger charge is 2.39. The monoisotopic (exact) mass is 245 g/mol. The van der Waals surface area contributed by atoms with E-state index in [1.807, 2.05) is 32.0 Å². The van der Waals surface area contributed by atoms with Crippen molar-refractivity contribution in [3.05, 3.63) is 23.8 Å². The Morgan fingerprint density at radius 3 is 2.33 bits per heavy atom. The highest BCUT2D eigenvalue weighted by molar-refractivity contribution is 5.48. The maximum atomic E-state index is 9.36. The summed E-state index contributed by atoms with van der Waals surface area (Å²) in [7, 11) is 0. The summed E-state index contributed by atoms with van der Waals surface area (Å²) in [6, 6.07) is 8.34. The van der Waals surface area contributed by atoms with E-state index in [-0.39, 0.29) is 5.41 Å². The van der Waals surface area contributed by atoms with Crippen molar-refractivity contribution in [1.29, 1.82) is 5.26 Å². The SMILES string of the molecule is CCOc1ccc(C2(C#N)CCC2)cc1OCC. The molecule has 0 amide bonds. The van der Waals surface area contributed by atoms with Crippen molar-refractivity contribution in [1.82, 2.24) is 0 Å². The van der Waals surface area contributed by atoms with Crippen LogP contribution in [0.1, 0.15) is 38.7 Å². The molecule has 2 rings (SSSR count). The Kier molecular flexibility index (Phi) is 3.76. The summed E-state index contributed by atoms with van der Waals surface area (Å²) in [5.41, 5.74) is 0.763. The number of nitriles is 1. The van der Waals surface area contributed by atoms with Gasteiger partial charge in [0.25, 0.3) is 0 Å².